The average Bonchev–Trinajstić information content (AvgIpc) is 3.01. The summed E-state index contributed by atoms with van der Waals surface area (Å²) >= 11 is 0. The lowest BCUT2D eigenvalue weighted by Gasteiger charge is -2.56. The Bertz CT molecular complexity index is 1300. The minimum Gasteiger partial charge on any atom is -0.462 e. The summed E-state index contributed by atoms with van der Waals surface area (Å²) in [5, 5.41) is 0. The van der Waals surface area contributed by atoms with Crippen LogP contribution in [0.5, 0.6) is 0 Å². The van der Waals surface area contributed by atoms with Crippen molar-refractivity contribution in [2.24, 2.45) is 57.7 Å². The Hall–Kier alpha value is -2.01. The Labute approximate surface area is 347 Å². The minimum absolute atomic E-state index is 0. The van der Waals surface area contributed by atoms with Crippen LogP contribution >= 0.6 is 0 Å². The molecular formula is C46H80F6O6. The van der Waals surface area contributed by atoms with E-state index in [0.29, 0.717) is 0 Å². The normalized spacial score (nSPS) is 31.3. The highest BCUT2D eigenvalue weighted by Crippen LogP contribution is 2.62. The Morgan fingerprint density at radius 3 is 1.28 bits per heavy atom. The second-order valence-electron chi connectivity index (χ2n) is 20.2. The van der Waals surface area contributed by atoms with Gasteiger partial charge in [0.25, 0.3) is 0 Å². The molecule has 0 aromatic carbocycles. The van der Waals surface area contributed by atoms with Crippen molar-refractivity contribution in [3.05, 3.63) is 0 Å². The summed E-state index contributed by atoms with van der Waals surface area (Å²) in [6, 6.07) is 0. The van der Waals surface area contributed by atoms with E-state index >= 15 is 0 Å². The predicted octanol–water partition coefficient (Wildman–Crippen LogP) is 13.9. The van der Waals surface area contributed by atoms with Gasteiger partial charge in [-0.25, -0.2) is 0 Å². The predicted molar refractivity (Wildman–Crippen MR) is 218 cm³/mol. The van der Waals surface area contributed by atoms with E-state index in [2.05, 4.69) is 11.7 Å². The third-order valence-electron chi connectivity index (χ3n) is 14.3. The molecule has 0 heterocycles. The summed E-state index contributed by atoms with van der Waals surface area (Å²) in [5.74, 6) is 0.262. The first kappa shape index (κ1) is 54.0. The van der Waals surface area contributed by atoms with Crippen molar-refractivity contribution in [2.75, 3.05) is 0 Å². The van der Waals surface area contributed by atoms with Crippen molar-refractivity contribution < 1.29 is 54.9 Å². The molecule has 1 atom stereocenters. The SMILES string of the molecule is C.C.C.C.CCC(C)(C)C(=O)OC(CC(C)C)CC(OC(=O)C12CC3CC(CC(C3)C1)C2)(C(F)(F)F)C(F)(F)F.CCC(C)(C)C(=O)OC12CC3CC(CC(C3)C1)C2. The average molecular weight is 843 g/mol. The molecule has 0 amide bonds. The van der Waals surface area contributed by atoms with E-state index in [-0.39, 0.29) is 102 Å². The van der Waals surface area contributed by atoms with E-state index in [4.69, 9.17) is 9.47 Å². The lowest BCUT2D eigenvalue weighted by Crippen LogP contribution is -2.63. The van der Waals surface area contributed by atoms with Gasteiger partial charge in [0.15, 0.2) is 0 Å². The third-order valence-corrected chi connectivity index (χ3v) is 14.3. The minimum atomic E-state index is -5.95. The zero-order chi connectivity index (χ0) is 40.3. The Balaban J connectivity index is 0.000000646. The van der Waals surface area contributed by atoms with Crippen molar-refractivity contribution in [1.82, 2.24) is 0 Å². The van der Waals surface area contributed by atoms with Gasteiger partial charge in [-0.2, -0.15) is 26.3 Å². The van der Waals surface area contributed by atoms with Crippen LogP contribution in [-0.4, -0.2) is 47.6 Å². The molecule has 8 fully saturated rings. The highest BCUT2D eigenvalue weighted by Gasteiger charge is 2.76. The number of alkyl halides is 6. The topological polar surface area (TPSA) is 78.9 Å². The van der Waals surface area contributed by atoms with E-state index in [0.717, 1.165) is 62.7 Å². The number of hydrogen-bond acceptors (Lipinski definition) is 6. The summed E-state index contributed by atoms with van der Waals surface area (Å²) in [6.07, 6.45) is -3.49. The first-order valence-electron chi connectivity index (χ1n) is 20.6. The fourth-order valence-corrected chi connectivity index (χ4v) is 11.3. The standard InChI is InChI=1S/C26H38F6O4.C16H26O2.4CH4/c1-6-22(4,5)20(33)35-19(7-15(2)3)14-24(25(27,28)29,26(30,31)32)36-21(34)23-11-16-8-17(12-23)10-18(9-16)13-23;1-4-15(2,3)14(17)18-16-8-11-5-12(9-16)7-13(6-11)10-16;;;;/h15-19H,6-14H2,1-5H3;11-13H,4-10H2,1-3H3;4*1H4. The molecular weight excluding hydrogens is 762 g/mol. The largest absolute Gasteiger partial charge is 0.462 e. The van der Waals surface area contributed by atoms with Gasteiger partial charge in [-0.15, -0.1) is 0 Å². The smallest absolute Gasteiger partial charge is 0.437 e. The van der Waals surface area contributed by atoms with Gasteiger partial charge in [-0.05, 0) is 165 Å². The zero-order valence-electron chi connectivity index (χ0n) is 33.6. The monoisotopic (exact) mass is 843 g/mol. The molecule has 0 aliphatic heterocycles. The molecule has 342 valence electrons. The van der Waals surface area contributed by atoms with Crippen molar-refractivity contribution >= 4 is 17.9 Å². The van der Waals surface area contributed by atoms with Crippen LogP contribution in [0.25, 0.3) is 0 Å². The van der Waals surface area contributed by atoms with Crippen LogP contribution < -0.4 is 0 Å². The summed E-state index contributed by atoms with van der Waals surface area (Å²) in [5.41, 5.74) is -7.56. The number of rotatable bonds is 12. The van der Waals surface area contributed by atoms with Gasteiger partial charge in [0.2, 0.25) is 0 Å². The lowest BCUT2D eigenvalue weighted by molar-refractivity contribution is -0.378. The molecule has 0 saturated heterocycles. The maximum absolute atomic E-state index is 14.4. The van der Waals surface area contributed by atoms with Gasteiger partial charge in [-0.1, -0.05) is 57.4 Å². The van der Waals surface area contributed by atoms with Crippen LogP contribution in [0.3, 0.4) is 0 Å². The van der Waals surface area contributed by atoms with E-state index in [1.165, 1.54) is 33.1 Å². The van der Waals surface area contributed by atoms with Gasteiger partial charge in [0, 0.05) is 6.42 Å². The zero-order valence-corrected chi connectivity index (χ0v) is 33.6. The van der Waals surface area contributed by atoms with Crippen LogP contribution in [0, 0.1) is 57.7 Å². The number of esters is 3. The molecule has 8 bridgehead atoms. The molecule has 12 heteroatoms. The van der Waals surface area contributed by atoms with Crippen LogP contribution in [0.2, 0.25) is 0 Å². The van der Waals surface area contributed by atoms with E-state index in [1.807, 2.05) is 13.8 Å². The first-order chi connectivity index (χ1) is 24.8. The maximum Gasteiger partial charge on any atom is 0.437 e. The summed E-state index contributed by atoms with van der Waals surface area (Å²) < 4.78 is 102. The maximum atomic E-state index is 14.4. The number of carbonyl (C=O) groups is 3. The van der Waals surface area contributed by atoms with Crippen LogP contribution in [0.4, 0.5) is 26.3 Å². The molecule has 8 saturated carbocycles. The number of halogens is 6. The van der Waals surface area contributed by atoms with Gasteiger partial charge in [0.05, 0.1) is 16.2 Å². The summed E-state index contributed by atoms with van der Waals surface area (Å²) in [7, 11) is 0. The number of carbonyl (C=O) groups excluding carboxylic acids is 3. The van der Waals surface area contributed by atoms with Crippen molar-refractivity contribution in [2.45, 2.75) is 217 Å². The molecule has 1 unspecified atom stereocenters. The molecule has 8 aliphatic rings. The van der Waals surface area contributed by atoms with Crippen molar-refractivity contribution in [3.8, 4) is 0 Å². The van der Waals surface area contributed by atoms with Crippen molar-refractivity contribution in [3.63, 3.8) is 0 Å². The molecule has 0 aromatic heterocycles. The fraction of sp³-hybridized carbons (Fsp3) is 0.935. The summed E-state index contributed by atoms with van der Waals surface area (Å²) in [4.78, 5) is 38.3. The first-order valence-corrected chi connectivity index (χ1v) is 20.6. The van der Waals surface area contributed by atoms with Crippen LogP contribution in [-0.2, 0) is 28.6 Å². The van der Waals surface area contributed by atoms with E-state index < -0.39 is 53.2 Å². The highest BCUT2D eigenvalue weighted by atomic mass is 19.4. The molecule has 6 nitrogen and oxygen atoms in total. The Morgan fingerprint density at radius 1 is 0.603 bits per heavy atom. The number of hydrogen-bond donors (Lipinski definition) is 0. The second-order valence-corrected chi connectivity index (χ2v) is 20.2. The Kier molecular flexibility index (Phi) is 17.6. The van der Waals surface area contributed by atoms with Gasteiger partial charge in [0.1, 0.15) is 11.7 Å². The summed E-state index contributed by atoms with van der Waals surface area (Å²) in [6.45, 7) is 14.0. The van der Waals surface area contributed by atoms with Crippen LogP contribution in [0.15, 0.2) is 0 Å². The molecule has 0 radical (unpaired) electrons. The molecule has 0 aromatic rings. The van der Waals surface area contributed by atoms with Crippen LogP contribution in [0.1, 0.15) is 188 Å². The van der Waals surface area contributed by atoms with Gasteiger partial charge < -0.3 is 14.2 Å². The second kappa shape index (κ2) is 18.9. The lowest BCUT2D eigenvalue weighted by atomic mass is 9.49. The molecule has 8 aliphatic carbocycles. The number of ether oxygens (including phenoxy) is 3. The highest BCUT2D eigenvalue weighted by molar-refractivity contribution is 5.78. The quantitative estimate of drug-likeness (QED) is 0.111. The van der Waals surface area contributed by atoms with Crippen molar-refractivity contribution in [1.29, 1.82) is 0 Å². The Morgan fingerprint density at radius 2 is 0.948 bits per heavy atom. The molecule has 0 spiro atoms. The molecule has 8 rings (SSSR count). The van der Waals surface area contributed by atoms with Gasteiger partial charge >= 0.3 is 35.9 Å². The van der Waals surface area contributed by atoms with E-state index in [9.17, 15) is 40.7 Å². The molecule has 58 heavy (non-hydrogen) atoms. The van der Waals surface area contributed by atoms with Gasteiger partial charge in [-0.3, -0.25) is 14.4 Å². The fourth-order valence-electron chi connectivity index (χ4n) is 11.3. The van der Waals surface area contributed by atoms with E-state index in [1.54, 1.807) is 20.8 Å². The third kappa shape index (κ3) is 11.1. The molecule has 0 N–H and O–H groups in total.